The summed E-state index contributed by atoms with van der Waals surface area (Å²) in [5.74, 6) is 0.684. The van der Waals surface area contributed by atoms with Crippen LogP contribution < -0.4 is 5.32 Å². The molecule has 0 radical (unpaired) electrons. The van der Waals surface area contributed by atoms with Gasteiger partial charge in [-0.2, -0.15) is 5.10 Å². The molecule has 5 nitrogen and oxygen atoms in total. The zero-order valence-electron chi connectivity index (χ0n) is 11.5. The molecule has 108 valence electrons. The number of hydrogen-bond donors (Lipinski definition) is 2. The van der Waals surface area contributed by atoms with Crippen molar-refractivity contribution >= 4 is 22.9 Å². The molecule has 0 saturated carbocycles. The third-order valence-electron chi connectivity index (χ3n) is 3.24. The standard InChI is InChI=1S/C15H15ClN4O/c1-10-8-13-15(17-6-7-20(13)19-10)18-9-14(21)11-4-2-3-5-12(11)16/h2-8,14,21H,9H2,1H3,(H,17,18). The molecule has 21 heavy (non-hydrogen) atoms. The lowest BCUT2D eigenvalue weighted by molar-refractivity contribution is 0.191. The summed E-state index contributed by atoms with van der Waals surface area (Å²) in [6, 6.07) is 9.20. The molecule has 2 heterocycles. The van der Waals surface area contributed by atoms with E-state index in [0.717, 1.165) is 11.2 Å². The number of aryl methyl sites for hydroxylation is 1. The minimum absolute atomic E-state index is 0.320. The molecule has 3 aromatic rings. The molecule has 2 aromatic heterocycles. The van der Waals surface area contributed by atoms with Crippen molar-refractivity contribution in [3.8, 4) is 0 Å². The van der Waals surface area contributed by atoms with Gasteiger partial charge in [-0.05, 0) is 19.1 Å². The van der Waals surface area contributed by atoms with Gasteiger partial charge in [0.1, 0.15) is 5.52 Å². The summed E-state index contributed by atoms with van der Waals surface area (Å²) >= 11 is 6.08. The van der Waals surface area contributed by atoms with E-state index in [-0.39, 0.29) is 0 Å². The first-order valence-electron chi connectivity index (χ1n) is 6.62. The van der Waals surface area contributed by atoms with Crippen LogP contribution in [-0.2, 0) is 0 Å². The van der Waals surface area contributed by atoms with Crippen LogP contribution >= 0.6 is 11.6 Å². The number of rotatable bonds is 4. The molecule has 0 aliphatic heterocycles. The van der Waals surface area contributed by atoms with Gasteiger partial charge in [-0.15, -0.1) is 0 Å². The van der Waals surface area contributed by atoms with E-state index in [1.165, 1.54) is 0 Å². The fraction of sp³-hybridized carbons (Fsp3) is 0.200. The van der Waals surface area contributed by atoms with Crippen LogP contribution in [0.5, 0.6) is 0 Å². The van der Waals surface area contributed by atoms with Gasteiger partial charge in [0.2, 0.25) is 0 Å². The van der Waals surface area contributed by atoms with Gasteiger partial charge < -0.3 is 10.4 Å². The lowest BCUT2D eigenvalue weighted by atomic mass is 10.1. The Hall–Kier alpha value is -2.11. The SMILES string of the molecule is Cc1cc2c(NCC(O)c3ccccc3Cl)nccn2n1. The van der Waals surface area contributed by atoms with Crippen molar-refractivity contribution < 1.29 is 5.11 Å². The topological polar surface area (TPSA) is 62.5 Å². The molecule has 6 heteroatoms. The lowest BCUT2D eigenvalue weighted by Gasteiger charge is -2.14. The van der Waals surface area contributed by atoms with E-state index in [2.05, 4.69) is 15.4 Å². The number of fused-ring (bicyclic) bond motifs is 1. The average Bonchev–Trinajstić information content (AvgIpc) is 2.86. The highest BCUT2D eigenvalue weighted by Gasteiger charge is 2.12. The molecular weight excluding hydrogens is 288 g/mol. The largest absolute Gasteiger partial charge is 0.387 e. The molecule has 2 N–H and O–H groups in total. The molecule has 1 aromatic carbocycles. The highest BCUT2D eigenvalue weighted by molar-refractivity contribution is 6.31. The Bertz CT molecular complexity index is 771. The number of halogens is 1. The van der Waals surface area contributed by atoms with Crippen LogP contribution in [-0.4, -0.2) is 26.2 Å². The van der Waals surface area contributed by atoms with Crippen LogP contribution in [0, 0.1) is 6.92 Å². The molecule has 0 amide bonds. The lowest BCUT2D eigenvalue weighted by Crippen LogP contribution is -2.14. The van der Waals surface area contributed by atoms with Gasteiger partial charge in [-0.1, -0.05) is 29.8 Å². The van der Waals surface area contributed by atoms with Gasteiger partial charge in [0.25, 0.3) is 0 Å². The van der Waals surface area contributed by atoms with Crippen LogP contribution in [0.2, 0.25) is 5.02 Å². The number of hydrogen-bond acceptors (Lipinski definition) is 4. The van der Waals surface area contributed by atoms with Crippen LogP contribution in [0.3, 0.4) is 0 Å². The van der Waals surface area contributed by atoms with Crippen LogP contribution in [0.4, 0.5) is 5.82 Å². The van der Waals surface area contributed by atoms with Crippen molar-refractivity contribution in [2.24, 2.45) is 0 Å². The Morgan fingerprint density at radius 3 is 3.00 bits per heavy atom. The maximum atomic E-state index is 10.2. The first-order valence-corrected chi connectivity index (χ1v) is 7.00. The zero-order chi connectivity index (χ0) is 14.8. The van der Waals surface area contributed by atoms with Crippen molar-refractivity contribution in [3.63, 3.8) is 0 Å². The highest BCUT2D eigenvalue weighted by Crippen LogP contribution is 2.23. The molecule has 0 bridgehead atoms. The molecular formula is C15H15ClN4O. The molecule has 0 aliphatic carbocycles. The van der Waals surface area contributed by atoms with Crippen LogP contribution in [0.15, 0.2) is 42.7 Å². The van der Waals surface area contributed by atoms with E-state index in [9.17, 15) is 5.11 Å². The number of nitrogens with one attached hydrogen (secondary N) is 1. The van der Waals surface area contributed by atoms with Gasteiger partial charge in [0, 0.05) is 29.5 Å². The number of nitrogens with zero attached hydrogens (tertiary/aromatic N) is 3. The van der Waals surface area contributed by atoms with Crippen molar-refractivity contribution in [2.75, 3.05) is 11.9 Å². The summed E-state index contributed by atoms with van der Waals surface area (Å²) < 4.78 is 1.76. The Morgan fingerprint density at radius 2 is 2.19 bits per heavy atom. The highest BCUT2D eigenvalue weighted by atomic mass is 35.5. The summed E-state index contributed by atoms with van der Waals surface area (Å²) in [7, 11) is 0. The number of anilines is 1. The predicted molar refractivity (Wildman–Crippen MR) is 82.6 cm³/mol. The van der Waals surface area contributed by atoms with Crippen LogP contribution in [0.1, 0.15) is 17.4 Å². The van der Waals surface area contributed by atoms with Gasteiger partial charge in [0.15, 0.2) is 5.82 Å². The minimum atomic E-state index is -0.704. The Labute approximate surface area is 127 Å². The third-order valence-corrected chi connectivity index (χ3v) is 3.58. The molecule has 0 fully saturated rings. The minimum Gasteiger partial charge on any atom is -0.387 e. The molecule has 1 unspecified atom stereocenters. The van der Waals surface area contributed by atoms with Crippen molar-refractivity contribution in [2.45, 2.75) is 13.0 Å². The second-order valence-electron chi connectivity index (χ2n) is 4.81. The Kier molecular flexibility index (Phi) is 3.77. The van der Waals surface area contributed by atoms with Crippen LogP contribution in [0.25, 0.3) is 5.52 Å². The van der Waals surface area contributed by atoms with Gasteiger partial charge in [-0.3, -0.25) is 0 Å². The van der Waals surface area contributed by atoms with E-state index < -0.39 is 6.10 Å². The van der Waals surface area contributed by atoms with Crippen molar-refractivity contribution in [1.29, 1.82) is 0 Å². The predicted octanol–water partition coefficient (Wildman–Crippen LogP) is 2.84. The van der Waals surface area contributed by atoms with Gasteiger partial charge in [0.05, 0.1) is 11.8 Å². The monoisotopic (exact) mass is 302 g/mol. The number of benzene rings is 1. The second kappa shape index (κ2) is 5.71. The molecule has 3 rings (SSSR count). The molecule has 0 aliphatic rings. The summed E-state index contributed by atoms with van der Waals surface area (Å²) in [4.78, 5) is 4.29. The van der Waals surface area contributed by atoms with E-state index in [1.807, 2.05) is 31.2 Å². The quantitative estimate of drug-likeness (QED) is 0.778. The third kappa shape index (κ3) is 2.84. The molecule has 0 saturated heterocycles. The molecule has 1 atom stereocenters. The number of aliphatic hydroxyl groups is 1. The number of aliphatic hydroxyl groups excluding tert-OH is 1. The fourth-order valence-corrected chi connectivity index (χ4v) is 2.49. The van der Waals surface area contributed by atoms with E-state index in [4.69, 9.17) is 11.6 Å². The summed E-state index contributed by atoms with van der Waals surface area (Å²) in [6.45, 7) is 2.25. The smallest absolute Gasteiger partial charge is 0.152 e. The first-order chi connectivity index (χ1) is 10.1. The van der Waals surface area contributed by atoms with Gasteiger partial charge >= 0.3 is 0 Å². The Morgan fingerprint density at radius 1 is 1.38 bits per heavy atom. The normalized spacial score (nSPS) is 12.5. The second-order valence-corrected chi connectivity index (χ2v) is 5.22. The first kappa shape index (κ1) is 13.9. The fourth-order valence-electron chi connectivity index (χ4n) is 2.23. The summed E-state index contributed by atoms with van der Waals surface area (Å²) in [5.41, 5.74) is 2.49. The van der Waals surface area contributed by atoms with Gasteiger partial charge in [-0.25, -0.2) is 9.50 Å². The van der Waals surface area contributed by atoms with Crippen molar-refractivity contribution in [3.05, 3.63) is 59.0 Å². The van der Waals surface area contributed by atoms with Crippen molar-refractivity contribution in [1.82, 2.24) is 14.6 Å². The zero-order valence-corrected chi connectivity index (χ0v) is 12.2. The summed E-state index contributed by atoms with van der Waals surface area (Å²) in [5, 5.41) is 18.3. The number of aromatic nitrogens is 3. The average molecular weight is 303 g/mol. The Balaban J connectivity index is 1.79. The maximum absolute atomic E-state index is 10.2. The van der Waals surface area contributed by atoms with E-state index >= 15 is 0 Å². The van der Waals surface area contributed by atoms with E-state index in [0.29, 0.717) is 22.9 Å². The maximum Gasteiger partial charge on any atom is 0.152 e. The van der Waals surface area contributed by atoms with E-state index in [1.54, 1.807) is 23.0 Å². The molecule has 0 spiro atoms. The summed E-state index contributed by atoms with van der Waals surface area (Å²) in [6.07, 6.45) is 2.76.